The van der Waals surface area contributed by atoms with E-state index in [-0.39, 0.29) is 23.9 Å². The molecule has 1 aromatic carbocycles. The summed E-state index contributed by atoms with van der Waals surface area (Å²) in [6.07, 6.45) is 2.58. The molecule has 2 fully saturated rings. The SMILES string of the molecule is C=CC(=O)N(C)c1ccc(C(=O)N2CCC(C3COC(=O)N3)CC2)cc1. The Morgan fingerprint density at radius 1 is 1.27 bits per heavy atom. The lowest BCUT2D eigenvalue weighted by atomic mass is 9.90. The van der Waals surface area contributed by atoms with Crippen LogP contribution in [0.3, 0.4) is 0 Å². The number of alkyl carbamates (subject to hydrolysis) is 1. The van der Waals surface area contributed by atoms with Crippen molar-refractivity contribution in [2.24, 2.45) is 5.92 Å². The van der Waals surface area contributed by atoms with Crippen LogP contribution in [0.15, 0.2) is 36.9 Å². The number of piperidine rings is 1. The molecule has 0 aliphatic carbocycles. The Labute approximate surface area is 152 Å². The number of rotatable bonds is 4. The van der Waals surface area contributed by atoms with Crippen LogP contribution in [0.1, 0.15) is 23.2 Å². The van der Waals surface area contributed by atoms with Gasteiger partial charge in [-0.2, -0.15) is 0 Å². The fourth-order valence-corrected chi connectivity index (χ4v) is 3.43. The minimum atomic E-state index is -0.353. The Kier molecular flexibility index (Phi) is 5.25. The van der Waals surface area contributed by atoms with E-state index < -0.39 is 0 Å². The number of hydrogen-bond donors (Lipinski definition) is 1. The van der Waals surface area contributed by atoms with E-state index in [1.165, 1.54) is 11.0 Å². The first-order valence-corrected chi connectivity index (χ1v) is 8.72. The monoisotopic (exact) mass is 357 g/mol. The summed E-state index contributed by atoms with van der Waals surface area (Å²) in [7, 11) is 1.66. The van der Waals surface area contributed by atoms with Crippen molar-refractivity contribution in [3.63, 3.8) is 0 Å². The molecule has 0 aromatic heterocycles. The molecule has 1 atom stereocenters. The second-order valence-electron chi connectivity index (χ2n) is 6.63. The molecule has 1 aromatic rings. The van der Waals surface area contributed by atoms with Crippen LogP contribution in [-0.4, -0.2) is 55.6 Å². The highest BCUT2D eigenvalue weighted by molar-refractivity contribution is 6.01. The maximum absolute atomic E-state index is 12.7. The second kappa shape index (κ2) is 7.59. The normalized spacial score (nSPS) is 20.3. The predicted octanol–water partition coefficient (Wildman–Crippen LogP) is 1.80. The van der Waals surface area contributed by atoms with Gasteiger partial charge in [0.1, 0.15) is 6.61 Å². The van der Waals surface area contributed by atoms with Gasteiger partial charge in [-0.25, -0.2) is 4.79 Å². The Hall–Kier alpha value is -2.83. The molecule has 2 aliphatic heterocycles. The smallest absolute Gasteiger partial charge is 0.407 e. The number of nitrogens with zero attached hydrogens (tertiary/aromatic N) is 2. The highest BCUT2D eigenvalue weighted by atomic mass is 16.6. The second-order valence-corrected chi connectivity index (χ2v) is 6.63. The molecule has 0 spiro atoms. The van der Waals surface area contributed by atoms with E-state index >= 15 is 0 Å². The van der Waals surface area contributed by atoms with Crippen LogP contribution in [0, 0.1) is 5.92 Å². The van der Waals surface area contributed by atoms with E-state index in [9.17, 15) is 14.4 Å². The number of likely N-dealkylation sites (tertiary alicyclic amines) is 1. The Morgan fingerprint density at radius 2 is 1.92 bits per heavy atom. The van der Waals surface area contributed by atoms with Gasteiger partial charge in [0.05, 0.1) is 6.04 Å². The lowest BCUT2D eigenvalue weighted by Crippen LogP contribution is -2.44. The zero-order valence-electron chi connectivity index (χ0n) is 14.8. The van der Waals surface area contributed by atoms with Crippen molar-refractivity contribution in [2.45, 2.75) is 18.9 Å². The number of carbonyl (C=O) groups is 3. The van der Waals surface area contributed by atoms with Gasteiger partial charge in [0.15, 0.2) is 0 Å². The van der Waals surface area contributed by atoms with Gasteiger partial charge in [0, 0.05) is 31.4 Å². The largest absolute Gasteiger partial charge is 0.447 e. The summed E-state index contributed by atoms with van der Waals surface area (Å²) in [5.74, 6) is 0.125. The number of anilines is 1. The minimum Gasteiger partial charge on any atom is -0.447 e. The van der Waals surface area contributed by atoms with Gasteiger partial charge in [-0.3, -0.25) is 9.59 Å². The predicted molar refractivity (Wildman–Crippen MR) is 96.9 cm³/mol. The molecule has 26 heavy (non-hydrogen) atoms. The van der Waals surface area contributed by atoms with Crippen LogP contribution < -0.4 is 10.2 Å². The van der Waals surface area contributed by atoms with Crippen LogP contribution in [-0.2, 0) is 9.53 Å². The average Bonchev–Trinajstić information content (AvgIpc) is 3.13. The van der Waals surface area contributed by atoms with Crippen molar-refractivity contribution >= 4 is 23.6 Å². The number of likely N-dealkylation sites (N-methyl/N-ethyl adjacent to an activating group) is 1. The van der Waals surface area contributed by atoms with E-state index in [1.807, 2.05) is 4.90 Å². The van der Waals surface area contributed by atoms with Crippen molar-refractivity contribution < 1.29 is 19.1 Å². The first-order chi connectivity index (χ1) is 12.5. The van der Waals surface area contributed by atoms with Crippen LogP contribution in [0.2, 0.25) is 0 Å². The van der Waals surface area contributed by atoms with Gasteiger partial charge in [0.25, 0.3) is 5.91 Å². The molecular weight excluding hydrogens is 334 g/mol. The number of benzene rings is 1. The van der Waals surface area contributed by atoms with Crippen LogP contribution in [0.25, 0.3) is 0 Å². The van der Waals surface area contributed by atoms with Gasteiger partial charge >= 0.3 is 6.09 Å². The number of hydrogen-bond acceptors (Lipinski definition) is 4. The lowest BCUT2D eigenvalue weighted by Gasteiger charge is -2.34. The summed E-state index contributed by atoms with van der Waals surface area (Å²) in [6.45, 7) is 5.20. The van der Waals surface area contributed by atoms with Crippen molar-refractivity contribution in [3.05, 3.63) is 42.5 Å². The van der Waals surface area contributed by atoms with Gasteiger partial charge in [0.2, 0.25) is 5.91 Å². The molecule has 2 heterocycles. The summed E-state index contributed by atoms with van der Waals surface area (Å²) in [4.78, 5) is 38.8. The third-order valence-corrected chi connectivity index (χ3v) is 5.10. The summed E-state index contributed by atoms with van der Waals surface area (Å²) >= 11 is 0. The minimum absolute atomic E-state index is 0.0144. The number of ether oxygens (including phenoxy) is 1. The van der Waals surface area contributed by atoms with E-state index in [2.05, 4.69) is 11.9 Å². The fourth-order valence-electron chi connectivity index (χ4n) is 3.43. The van der Waals surface area contributed by atoms with Gasteiger partial charge in [-0.05, 0) is 49.1 Å². The summed E-state index contributed by atoms with van der Waals surface area (Å²) in [5.41, 5.74) is 1.31. The van der Waals surface area contributed by atoms with Crippen LogP contribution in [0.5, 0.6) is 0 Å². The molecule has 0 saturated carbocycles. The lowest BCUT2D eigenvalue weighted by molar-refractivity contribution is -0.113. The van der Waals surface area contributed by atoms with Crippen molar-refractivity contribution in [1.82, 2.24) is 10.2 Å². The number of amides is 3. The highest BCUT2D eigenvalue weighted by Crippen LogP contribution is 2.24. The zero-order valence-corrected chi connectivity index (χ0v) is 14.8. The Morgan fingerprint density at radius 3 is 2.46 bits per heavy atom. The molecule has 2 saturated heterocycles. The quantitative estimate of drug-likeness (QED) is 0.834. The standard InChI is InChI=1S/C19H23N3O4/c1-3-17(23)21(2)15-6-4-14(5-7-15)18(24)22-10-8-13(9-11-22)16-12-26-19(25)20-16/h3-7,13,16H,1,8-12H2,2H3,(H,20,25). The third kappa shape index (κ3) is 3.71. The molecular formula is C19H23N3O4. The zero-order chi connectivity index (χ0) is 18.7. The molecule has 0 radical (unpaired) electrons. The van der Waals surface area contributed by atoms with Gasteiger partial charge in [-0.1, -0.05) is 6.58 Å². The van der Waals surface area contributed by atoms with E-state index in [4.69, 9.17) is 4.74 Å². The average molecular weight is 357 g/mol. The summed E-state index contributed by atoms with van der Waals surface area (Å²) in [6, 6.07) is 7.04. The van der Waals surface area contributed by atoms with E-state index in [1.54, 1.807) is 31.3 Å². The molecule has 3 amide bonds. The topological polar surface area (TPSA) is 79.0 Å². The Balaban J connectivity index is 1.57. The van der Waals surface area contributed by atoms with E-state index in [0.717, 1.165) is 12.8 Å². The van der Waals surface area contributed by atoms with Crippen LogP contribution >= 0.6 is 0 Å². The van der Waals surface area contributed by atoms with Crippen molar-refractivity contribution in [1.29, 1.82) is 0 Å². The summed E-state index contributed by atoms with van der Waals surface area (Å²) in [5, 5.41) is 2.83. The molecule has 7 heteroatoms. The number of carbonyl (C=O) groups excluding carboxylic acids is 3. The fraction of sp³-hybridized carbons (Fsp3) is 0.421. The molecule has 7 nitrogen and oxygen atoms in total. The molecule has 0 bridgehead atoms. The molecule has 3 rings (SSSR count). The molecule has 1 unspecified atom stereocenters. The third-order valence-electron chi connectivity index (χ3n) is 5.10. The number of nitrogens with one attached hydrogen (secondary N) is 1. The van der Waals surface area contributed by atoms with Crippen molar-refractivity contribution in [3.8, 4) is 0 Å². The molecule has 2 aliphatic rings. The van der Waals surface area contributed by atoms with Gasteiger partial charge < -0.3 is 19.9 Å². The van der Waals surface area contributed by atoms with E-state index in [0.29, 0.717) is 36.9 Å². The molecule has 1 N–H and O–H groups in total. The number of cyclic esters (lactones) is 1. The maximum Gasteiger partial charge on any atom is 0.407 e. The Bertz CT molecular complexity index is 708. The first-order valence-electron chi connectivity index (χ1n) is 8.72. The summed E-state index contributed by atoms with van der Waals surface area (Å²) < 4.78 is 4.95. The van der Waals surface area contributed by atoms with Crippen LogP contribution in [0.4, 0.5) is 10.5 Å². The van der Waals surface area contributed by atoms with Gasteiger partial charge in [-0.15, -0.1) is 0 Å². The molecule has 138 valence electrons. The highest BCUT2D eigenvalue weighted by Gasteiger charge is 2.33. The maximum atomic E-state index is 12.7. The van der Waals surface area contributed by atoms with Crippen molar-refractivity contribution in [2.75, 3.05) is 31.6 Å². The first kappa shape index (κ1) is 18.0.